The fraction of sp³-hybridized carbons (Fsp3) is 0.545. The average Bonchev–Trinajstić information content (AvgIpc) is 3.54. The number of carbonyl (C=O) groups excluding carboxylic acids is 1. The molecule has 166 valence electrons. The van der Waals surface area contributed by atoms with E-state index in [0.717, 1.165) is 50.4 Å². The normalized spacial score (nSPS) is 25.9. The van der Waals surface area contributed by atoms with Crippen molar-refractivity contribution in [1.82, 2.24) is 26.4 Å². The zero-order valence-electron chi connectivity index (χ0n) is 17.4. The van der Waals surface area contributed by atoms with Crippen molar-refractivity contribution in [1.29, 1.82) is 0 Å². The maximum absolute atomic E-state index is 13.0. The molecule has 8 nitrogen and oxygen atoms in total. The molecule has 1 aromatic carbocycles. The molecule has 3 aliphatic heterocycles. The number of aliphatic imine (C=N–C) groups is 1. The first-order chi connectivity index (χ1) is 15.2. The number of nitrogens with zero attached hydrogens (tertiary/aromatic N) is 2. The van der Waals surface area contributed by atoms with Crippen LogP contribution >= 0.6 is 11.6 Å². The molecule has 1 aromatic rings. The van der Waals surface area contributed by atoms with Crippen LogP contribution in [-0.4, -0.2) is 54.8 Å². The van der Waals surface area contributed by atoms with Crippen molar-refractivity contribution in [3.63, 3.8) is 0 Å². The topological polar surface area (TPSA) is 90.0 Å². The first-order valence-electron chi connectivity index (χ1n) is 11.1. The van der Waals surface area contributed by atoms with Crippen molar-refractivity contribution >= 4 is 23.6 Å². The van der Waals surface area contributed by atoms with Gasteiger partial charge in [-0.15, -0.1) is 0 Å². The molecule has 2 atom stereocenters. The molecule has 0 aromatic heterocycles. The predicted molar refractivity (Wildman–Crippen MR) is 119 cm³/mol. The monoisotopic (exact) mass is 444 g/mol. The fourth-order valence-electron chi connectivity index (χ4n) is 4.64. The SMILES string of the molecule is O=C(NNCc1cccc(Cl)c1)N1CC2NC(NC3CCOCC3)=NC=C2C1C1CC1. The third-order valence-corrected chi connectivity index (χ3v) is 6.62. The summed E-state index contributed by atoms with van der Waals surface area (Å²) in [6.45, 7) is 2.72. The third-order valence-electron chi connectivity index (χ3n) is 6.38. The first-order valence-corrected chi connectivity index (χ1v) is 11.5. The van der Waals surface area contributed by atoms with Gasteiger partial charge >= 0.3 is 6.03 Å². The largest absolute Gasteiger partial charge is 0.381 e. The molecule has 3 heterocycles. The van der Waals surface area contributed by atoms with Crippen molar-refractivity contribution in [3.05, 3.63) is 46.6 Å². The van der Waals surface area contributed by atoms with E-state index in [9.17, 15) is 4.79 Å². The van der Waals surface area contributed by atoms with Gasteiger partial charge < -0.3 is 20.3 Å². The average molecular weight is 445 g/mol. The molecule has 0 spiro atoms. The lowest BCUT2D eigenvalue weighted by Gasteiger charge is -2.28. The Morgan fingerprint density at radius 2 is 2.10 bits per heavy atom. The number of hydrogen-bond acceptors (Lipinski definition) is 6. The summed E-state index contributed by atoms with van der Waals surface area (Å²) in [5, 5.41) is 7.71. The van der Waals surface area contributed by atoms with E-state index >= 15 is 0 Å². The molecule has 0 bridgehead atoms. The van der Waals surface area contributed by atoms with Crippen molar-refractivity contribution in [2.45, 2.75) is 50.4 Å². The van der Waals surface area contributed by atoms with Crippen LogP contribution in [0, 0.1) is 5.92 Å². The molecule has 2 amide bonds. The molecule has 0 radical (unpaired) electrons. The first kappa shape index (κ1) is 20.6. The van der Waals surface area contributed by atoms with Crippen molar-refractivity contribution in [3.8, 4) is 0 Å². The van der Waals surface area contributed by atoms with Gasteiger partial charge in [-0.25, -0.2) is 15.2 Å². The number of guanidine groups is 1. The summed E-state index contributed by atoms with van der Waals surface area (Å²) in [7, 11) is 0. The maximum atomic E-state index is 13.0. The molecule has 2 unspecified atom stereocenters. The molecule has 4 aliphatic rings. The lowest BCUT2D eigenvalue weighted by molar-refractivity contribution is 0.0822. The highest BCUT2D eigenvalue weighted by Gasteiger charge is 2.48. The Labute approximate surface area is 187 Å². The molecular formula is C22H29ClN6O2. The molecule has 1 saturated carbocycles. The summed E-state index contributed by atoms with van der Waals surface area (Å²) in [5.74, 6) is 1.33. The Morgan fingerprint density at radius 3 is 2.87 bits per heavy atom. The number of ether oxygens (including phenoxy) is 1. The number of hydrazine groups is 1. The Kier molecular flexibility index (Phi) is 6.02. The second-order valence-electron chi connectivity index (χ2n) is 8.68. The highest BCUT2D eigenvalue weighted by atomic mass is 35.5. The van der Waals surface area contributed by atoms with Gasteiger partial charge in [-0.3, -0.25) is 5.43 Å². The summed E-state index contributed by atoms with van der Waals surface area (Å²) in [6.07, 6.45) is 6.26. The number of halogens is 1. The number of fused-ring (bicyclic) bond motifs is 1. The van der Waals surface area contributed by atoms with E-state index in [-0.39, 0.29) is 18.1 Å². The summed E-state index contributed by atoms with van der Waals surface area (Å²) < 4.78 is 5.44. The van der Waals surface area contributed by atoms with E-state index in [1.165, 1.54) is 5.57 Å². The molecule has 2 saturated heterocycles. The number of benzene rings is 1. The highest BCUT2D eigenvalue weighted by Crippen LogP contribution is 2.43. The van der Waals surface area contributed by atoms with Gasteiger partial charge in [0.25, 0.3) is 0 Å². The minimum atomic E-state index is -0.102. The second kappa shape index (κ2) is 9.06. The molecule has 3 fully saturated rings. The number of hydrogen-bond donors (Lipinski definition) is 4. The second-order valence-corrected chi connectivity index (χ2v) is 9.12. The van der Waals surface area contributed by atoms with Crippen LogP contribution < -0.4 is 21.5 Å². The van der Waals surface area contributed by atoms with E-state index in [4.69, 9.17) is 16.3 Å². The van der Waals surface area contributed by atoms with E-state index in [1.54, 1.807) is 0 Å². The number of carbonyl (C=O) groups is 1. The molecule has 5 rings (SSSR count). The van der Waals surface area contributed by atoms with Gasteiger partial charge in [-0.05, 0) is 54.9 Å². The zero-order chi connectivity index (χ0) is 21.2. The van der Waals surface area contributed by atoms with E-state index < -0.39 is 0 Å². The highest BCUT2D eigenvalue weighted by molar-refractivity contribution is 6.30. The number of amides is 2. The van der Waals surface area contributed by atoms with E-state index in [2.05, 4.69) is 26.5 Å². The minimum Gasteiger partial charge on any atom is -0.381 e. The van der Waals surface area contributed by atoms with Crippen LogP contribution in [0.2, 0.25) is 5.02 Å². The molecular weight excluding hydrogens is 416 g/mol. The van der Waals surface area contributed by atoms with Gasteiger partial charge in [0.15, 0.2) is 5.96 Å². The van der Waals surface area contributed by atoms with Gasteiger partial charge in [0, 0.05) is 43.6 Å². The van der Waals surface area contributed by atoms with Gasteiger partial charge in [0.05, 0.1) is 12.1 Å². The number of urea groups is 1. The van der Waals surface area contributed by atoms with Crippen LogP contribution in [0.4, 0.5) is 4.79 Å². The molecule has 1 aliphatic carbocycles. The molecule has 31 heavy (non-hydrogen) atoms. The van der Waals surface area contributed by atoms with Crippen LogP contribution in [0.5, 0.6) is 0 Å². The van der Waals surface area contributed by atoms with Crippen molar-refractivity contribution in [2.75, 3.05) is 19.8 Å². The summed E-state index contributed by atoms with van der Waals surface area (Å²) >= 11 is 6.04. The molecule has 9 heteroatoms. The Morgan fingerprint density at radius 1 is 1.26 bits per heavy atom. The lowest BCUT2D eigenvalue weighted by Crippen LogP contribution is -2.51. The summed E-state index contributed by atoms with van der Waals surface area (Å²) in [4.78, 5) is 19.6. The maximum Gasteiger partial charge on any atom is 0.332 e. The Balaban J connectivity index is 1.19. The Bertz CT molecular complexity index is 881. The van der Waals surface area contributed by atoms with E-state index in [1.807, 2.05) is 35.4 Å². The minimum absolute atomic E-state index is 0.101. The van der Waals surface area contributed by atoms with Gasteiger partial charge in [-0.2, -0.15) is 0 Å². The Hall–Kier alpha value is -2.29. The quantitative estimate of drug-likeness (QED) is 0.522. The number of rotatable bonds is 5. The van der Waals surface area contributed by atoms with Gasteiger partial charge in [-0.1, -0.05) is 23.7 Å². The van der Waals surface area contributed by atoms with Gasteiger partial charge in [0.2, 0.25) is 0 Å². The third kappa shape index (κ3) is 4.81. The van der Waals surface area contributed by atoms with Crippen LogP contribution in [0.15, 0.2) is 41.0 Å². The van der Waals surface area contributed by atoms with Crippen molar-refractivity contribution < 1.29 is 9.53 Å². The van der Waals surface area contributed by atoms with Crippen LogP contribution in [0.25, 0.3) is 0 Å². The lowest BCUT2D eigenvalue weighted by atomic mass is 10.0. The van der Waals surface area contributed by atoms with E-state index in [0.29, 0.717) is 30.1 Å². The predicted octanol–water partition coefficient (Wildman–Crippen LogP) is 2.13. The number of likely N-dealkylation sites (tertiary alicyclic amines) is 1. The van der Waals surface area contributed by atoms with Crippen LogP contribution in [0.1, 0.15) is 31.2 Å². The van der Waals surface area contributed by atoms with Crippen LogP contribution in [0.3, 0.4) is 0 Å². The fourth-order valence-corrected chi connectivity index (χ4v) is 4.85. The molecule has 4 N–H and O–H groups in total. The smallest absolute Gasteiger partial charge is 0.332 e. The van der Waals surface area contributed by atoms with Crippen molar-refractivity contribution in [2.24, 2.45) is 10.9 Å². The van der Waals surface area contributed by atoms with Crippen LogP contribution in [-0.2, 0) is 11.3 Å². The standard InChI is InChI=1S/C22H29ClN6O2/c23-16-3-1-2-14(10-16)11-25-28-22(30)29-13-19-18(20(29)15-4-5-15)12-24-21(27-19)26-17-6-8-31-9-7-17/h1-3,10,12,15,17,19-20,25H,4-9,11,13H2,(H,28,30)(H2,24,26,27). The number of nitrogens with one attached hydrogen (secondary N) is 4. The summed E-state index contributed by atoms with van der Waals surface area (Å²) in [5.41, 5.74) is 8.13. The summed E-state index contributed by atoms with van der Waals surface area (Å²) in [6, 6.07) is 8.09. The van der Waals surface area contributed by atoms with Gasteiger partial charge in [0.1, 0.15) is 0 Å². The zero-order valence-corrected chi connectivity index (χ0v) is 18.2.